The highest BCUT2D eigenvalue weighted by molar-refractivity contribution is 9.10. The van der Waals surface area contributed by atoms with Gasteiger partial charge in [-0.25, -0.2) is 0 Å². The molecule has 0 spiro atoms. The average Bonchev–Trinajstić information content (AvgIpc) is 2.59. The van der Waals surface area contributed by atoms with E-state index in [9.17, 15) is 14.9 Å². The summed E-state index contributed by atoms with van der Waals surface area (Å²) in [5.41, 5.74) is -0.0172. The maximum Gasteiger partial charge on any atom is 0.308 e. The van der Waals surface area contributed by atoms with Gasteiger partial charge in [0, 0.05) is 27.2 Å². The Labute approximate surface area is 182 Å². The summed E-state index contributed by atoms with van der Waals surface area (Å²) in [4.78, 5) is 23.5. The number of anilines is 1. The topological polar surface area (TPSA) is 90.7 Å². The van der Waals surface area contributed by atoms with Crippen molar-refractivity contribution in [1.82, 2.24) is 0 Å². The fraction of sp³-hybridized carbons (Fsp3) is 0.350. The van der Waals surface area contributed by atoms with Crippen molar-refractivity contribution in [2.75, 3.05) is 12.4 Å². The minimum atomic E-state index is -0.682. The number of benzene rings is 2. The molecule has 0 amide bonds. The summed E-state index contributed by atoms with van der Waals surface area (Å²) in [6, 6.07) is 8.89. The first-order chi connectivity index (χ1) is 13.5. The molecule has 1 atom stereocenters. The molecule has 0 unspecified atom stereocenters. The Balaban J connectivity index is 2.49. The first-order valence-corrected chi connectivity index (χ1v) is 9.93. The molecule has 2 aromatic carbocycles. The number of ether oxygens (including phenoxy) is 2. The van der Waals surface area contributed by atoms with E-state index < -0.39 is 22.5 Å². The molecule has 1 N–H and O–H groups in total. The number of hydrogen-bond donors (Lipinski definition) is 1. The second kappa shape index (κ2) is 9.45. The maximum absolute atomic E-state index is 12.5. The van der Waals surface area contributed by atoms with Gasteiger partial charge in [-0.3, -0.25) is 14.9 Å². The molecule has 0 aliphatic heterocycles. The van der Waals surface area contributed by atoms with Crippen molar-refractivity contribution in [3.05, 3.63) is 61.6 Å². The molecule has 0 aliphatic rings. The molecular formula is C20H22BrClN2O5. The molecule has 0 radical (unpaired) electrons. The lowest BCUT2D eigenvalue weighted by atomic mass is 10.0. The molecule has 0 saturated carbocycles. The molecule has 0 bridgehead atoms. The summed E-state index contributed by atoms with van der Waals surface area (Å²) in [7, 11) is 1.47. The summed E-state index contributed by atoms with van der Waals surface area (Å²) in [6.45, 7) is 5.31. The zero-order valence-corrected chi connectivity index (χ0v) is 18.8. The fourth-order valence-electron chi connectivity index (χ4n) is 2.72. The van der Waals surface area contributed by atoms with Crippen molar-refractivity contribution in [2.24, 2.45) is 0 Å². The van der Waals surface area contributed by atoms with Crippen LogP contribution in [0.1, 0.15) is 38.8 Å². The summed E-state index contributed by atoms with van der Waals surface area (Å²) >= 11 is 9.84. The number of nitrogens with zero attached hydrogens (tertiary/aromatic N) is 1. The van der Waals surface area contributed by atoms with E-state index in [4.69, 9.17) is 21.1 Å². The van der Waals surface area contributed by atoms with Crippen LogP contribution in [0, 0.1) is 10.1 Å². The van der Waals surface area contributed by atoms with Gasteiger partial charge in [0.2, 0.25) is 0 Å². The highest BCUT2D eigenvalue weighted by Gasteiger charge is 2.27. The van der Waals surface area contributed by atoms with Gasteiger partial charge in [0.05, 0.1) is 24.5 Å². The maximum atomic E-state index is 12.5. The predicted molar refractivity (Wildman–Crippen MR) is 116 cm³/mol. The number of nitro groups is 1. The number of esters is 1. The smallest absolute Gasteiger partial charge is 0.308 e. The van der Waals surface area contributed by atoms with Crippen LogP contribution in [0.15, 0.2) is 40.9 Å². The Morgan fingerprint density at radius 1 is 1.31 bits per heavy atom. The number of carbonyl (C=O) groups is 1. The molecule has 0 heterocycles. The quantitative estimate of drug-likeness (QED) is 0.298. The molecule has 0 aromatic heterocycles. The first-order valence-electron chi connectivity index (χ1n) is 8.76. The second-order valence-electron chi connectivity index (χ2n) is 7.26. The third-order valence-corrected chi connectivity index (χ3v) is 4.89. The van der Waals surface area contributed by atoms with E-state index in [0.29, 0.717) is 20.8 Å². The molecule has 29 heavy (non-hydrogen) atoms. The Morgan fingerprint density at radius 2 is 2.00 bits per heavy atom. The molecule has 0 aliphatic carbocycles. The lowest BCUT2D eigenvalue weighted by Gasteiger charge is -2.25. The van der Waals surface area contributed by atoms with Gasteiger partial charge >= 0.3 is 5.97 Å². The van der Waals surface area contributed by atoms with E-state index in [0.717, 1.165) is 0 Å². The van der Waals surface area contributed by atoms with Crippen LogP contribution in [0.4, 0.5) is 11.4 Å². The number of rotatable bonds is 7. The molecule has 0 saturated heterocycles. The van der Waals surface area contributed by atoms with Gasteiger partial charge in [0.15, 0.2) is 0 Å². The van der Waals surface area contributed by atoms with Crippen molar-refractivity contribution in [3.63, 3.8) is 0 Å². The van der Waals surface area contributed by atoms with Crippen molar-refractivity contribution in [1.29, 1.82) is 0 Å². The highest BCUT2D eigenvalue weighted by Crippen LogP contribution is 2.38. The fourth-order valence-corrected chi connectivity index (χ4v) is 3.79. The minimum absolute atomic E-state index is 0.0893. The van der Waals surface area contributed by atoms with Crippen LogP contribution in [0.3, 0.4) is 0 Å². The molecule has 9 heteroatoms. The largest absolute Gasteiger partial charge is 0.497 e. The molecule has 0 fully saturated rings. The minimum Gasteiger partial charge on any atom is -0.497 e. The summed E-state index contributed by atoms with van der Waals surface area (Å²) in [5.74, 6) is -0.0280. The van der Waals surface area contributed by atoms with Crippen LogP contribution < -0.4 is 10.1 Å². The standard InChI is InChI=1S/C20H22BrClN2O5/c1-20(2,3)29-18(25)11-16(19-13(21)6-5-7-14(19)22)23-15-10-12(28-4)8-9-17(15)24(26)27/h5-10,16,23H,11H2,1-4H3/t16-/m1/s1. The molecule has 7 nitrogen and oxygen atoms in total. The zero-order chi connectivity index (χ0) is 21.8. The number of methoxy groups -OCH3 is 1. The Hall–Kier alpha value is -2.32. The Bertz CT molecular complexity index is 894. The second-order valence-corrected chi connectivity index (χ2v) is 8.52. The van der Waals surface area contributed by atoms with Gasteiger partial charge in [-0.15, -0.1) is 0 Å². The van der Waals surface area contributed by atoms with Crippen LogP contribution in [-0.2, 0) is 9.53 Å². The number of nitrogens with one attached hydrogen (secondary N) is 1. The van der Waals surface area contributed by atoms with E-state index in [2.05, 4.69) is 21.2 Å². The lowest BCUT2D eigenvalue weighted by Crippen LogP contribution is -2.26. The summed E-state index contributed by atoms with van der Waals surface area (Å²) in [5, 5.41) is 15.0. The van der Waals surface area contributed by atoms with Gasteiger partial charge in [-0.05, 0) is 39.0 Å². The molecule has 2 aromatic rings. The average molecular weight is 486 g/mol. The van der Waals surface area contributed by atoms with Gasteiger partial charge in [0.25, 0.3) is 5.69 Å². The van der Waals surface area contributed by atoms with E-state index in [1.54, 1.807) is 39.0 Å². The number of nitro benzene ring substituents is 1. The van der Waals surface area contributed by atoms with Crippen molar-refractivity contribution >= 4 is 44.9 Å². The van der Waals surface area contributed by atoms with Crippen molar-refractivity contribution in [3.8, 4) is 5.75 Å². The lowest BCUT2D eigenvalue weighted by molar-refractivity contribution is -0.384. The van der Waals surface area contributed by atoms with Crippen molar-refractivity contribution < 1.29 is 19.2 Å². The van der Waals surface area contributed by atoms with E-state index in [1.807, 2.05) is 0 Å². The Morgan fingerprint density at radius 3 is 2.55 bits per heavy atom. The van der Waals surface area contributed by atoms with Crippen LogP contribution in [0.2, 0.25) is 5.02 Å². The third kappa shape index (κ3) is 6.33. The first kappa shape index (κ1) is 23.0. The summed E-state index contributed by atoms with van der Waals surface area (Å²) < 4.78 is 11.3. The van der Waals surface area contributed by atoms with Crippen LogP contribution in [0.5, 0.6) is 5.75 Å². The number of hydrogen-bond acceptors (Lipinski definition) is 6. The summed E-state index contributed by atoms with van der Waals surface area (Å²) in [6.07, 6.45) is -0.0893. The normalized spacial score (nSPS) is 12.2. The zero-order valence-electron chi connectivity index (χ0n) is 16.5. The highest BCUT2D eigenvalue weighted by atomic mass is 79.9. The van der Waals surface area contributed by atoms with E-state index in [1.165, 1.54) is 25.3 Å². The van der Waals surface area contributed by atoms with Crippen LogP contribution >= 0.6 is 27.5 Å². The Kier molecular flexibility index (Phi) is 7.48. The van der Waals surface area contributed by atoms with E-state index in [-0.39, 0.29) is 17.8 Å². The van der Waals surface area contributed by atoms with Gasteiger partial charge in [0.1, 0.15) is 17.0 Å². The third-order valence-electron chi connectivity index (χ3n) is 3.87. The van der Waals surface area contributed by atoms with Gasteiger partial charge in [-0.2, -0.15) is 0 Å². The van der Waals surface area contributed by atoms with Crippen molar-refractivity contribution in [2.45, 2.75) is 38.8 Å². The van der Waals surface area contributed by atoms with Gasteiger partial charge < -0.3 is 14.8 Å². The molecule has 156 valence electrons. The van der Waals surface area contributed by atoms with Crippen LogP contribution in [-0.4, -0.2) is 23.6 Å². The molecule has 2 rings (SSSR count). The van der Waals surface area contributed by atoms with Crippen LogP contribution in [0.25, 0.3) is 0 Å². The number of carbonyl (C=O) groups excluding carboxylic acids is 1. The van der Waals surface area contributed by atoms with E-state index >= 15 is 0 Å². The monoisotopic (exact) mass is 484 g/mol. The molecular weight excluding hydrogens is 464 g/mol. The SMILES string of the molecule is COc1ccc([N+](=O)[O-])c(N[C@H](CC(=O)OC(C)(C)C)c2c(Cl)cccc2Br)c1. The predicted octanol–water partition coefficient (Wildman–Crippen LogP) is 5.90. The van der Waals surface area contributed by atoms with Gasteiger partial charge in [-0.1, -0.05) is 33.6 Å². The number of halogens is 2.